The Kier molecular flexibility index (Phi) is 5.99. The molecule has 1 aliphatic rings. The molecule has 2 aromatic heterocycles. The minimum Gasteiger partial charge on any atom is -0.478 e. The van der Waals surface area contributed by atoms with Gasteiger partial charge in [0, 0.05) is 11.6 Å². The van der Waals surface area contributed by atoms with Crippen molar-refractivity contribution in [1.29, 1.82) is 0 Å². The van der Waals surface area contributed by atoms with Crippen LogP contribution >= 0.6 is 11.6 Å². The second-order valence-electron chi connectivity index (χ2n) is 8.33. The van der Waals surface area contributed by atoms with Gasteiger partial charge in [0.05, 0.1) is 22.4 Å². The van der Waals surface area contributed by atoms with E-state index >= 15 is 0 Å². The summed E-state index contributed by atoms with van der Waals surface area (Å²) in [5.41, 5.74) is 6.81. The summed E-state index contributed by atoms with van der Waals surface area (Å²) >= 11 is 6.57. The zero-order chi connectivity index (χ0) is 23.7. The van der Waals surface area contributed by atoms with Gasteiger partial charge in [0.15, 0.2) is 0 Å². The molecule has 4 aromatic rings. The molecule has 5 nitrogen and oxygen atoms in total. The highest BCUT2D eigenvalue weighted by atomic mass is 35.5. The fourth-order valence-corrected chi connectivity index (χ4v) is 4.57. The van der Waals surface area contributed by atoms with Crippen LogP contribution in [-0.4, -0.2) is 26.3 Å². The van der Waals surface area contributed by atoms with Crippen LogP contribution < -0.4 is 0 Å². The molecule has 0 atom stereocenters. The number of carbonyl (C=O) groups is 1. The van der Waals surface area contributed by atoms with Crippen LogP contribution in [0.25, 0.3) is 28.3 Å². The number of fused-ring (bicyclic) bond motifs is 1. The average molecular weight is 474 g/mol. The third-order valence-electron chi connectivity index (χ3n) is 6.17. The van der Waals surface area contributed by atoms with E-state index in [1.165, 1.54) is 12.1 Å². The molecule has 2 heterocycles. The van der Waals surface area contributed by atoms with Crippen molar-refractivity contribution in [3.8, 4) is 0 Å². The van der Waals surface area contributed by atoms with Gasteiger partial charge in [0.1, 0.15) is 11.3 Å². The first-order valence-corrected chi connectivity index (χ1v) is 11.4. The zero-order valence-corrected chi connectivity index (χ0v) is 18.9. The van der Waals surface area contributed by atoms with Gasteiger partial charge in [-0.1, -0.05) is 48.4 Å². The van der Waals surface area contributed by atoms with Crippen LogP contribution in [0, 0.1) is 11.7 Å². The minimum atomic E-state index is -1.000. The van der Waals surface area contributed by atoms with E-state index in [9.17, 15) is 9.18 Å². The Hall–Kier alpha value is -3.77. The Bertz CT molecular complexity index is 1440. The van der Waals surface area contributed by atoms with E-state index in [0.717, 1.165) is 69.9 Å². The second-order valence-corrected chi connectivity index (χ2v) is 8.74. The Labute approximate surface area is 200 Å². The largest absolute Gasteiger partial charge is 0.478 e. The molecule has 0 aliphatic heterocycles. The summed E-state index contributed by atoms with van der Waals surface area (Å²) in [7, 11) is 0. The van der Waals surface area contributed by atoms with Crippen LogP contribution in [0.15, 0.2) is 66.9 Å². The van der Waals surface area contributed by atoms with Crippen molar-refractivity contribution < 1.29 is 14.3 Å². The molecule has 1 aliphatic carbocycles. The minimum absolute atomic E-state index is 0.270. The third-order valence-corrected chi connectivity index (χ3v) is 6.49. The number of carboxylic acid groups (broad SMARTS) is 1. The molecular formula is C27H21ClFN3O2. The Morgan fingerprint density at radius 1 is 1.12 bits per heavy atom. The number of rotatable bonds is 6. The predicted octanol–water partition coefficient (Wildman–Crippen LogP) is 6.61. The zero-order valence-electron chi connectivity index (χ0n) is 18.1. The fourth-order valence-electron chi connectivity index (χ4n) is 4.30. The standard InChI is InChI=1S/C27H21ClFN3O2/c28-21-14-19(29)9-10-20(21)26(17-2-1-3-17)27(23-12-11-22-24(31-23)15-30-32-22)18-7-4-16(5-8-18)6-13-25(33)34/h4-15,17H,1-3H2,(H,30,32)(H,33,34)/b13-6+,27-26+. The molecule has 1 fully saturated rings. The number of aliphatic carboxylic acids is 1. The van der Waals surface area contributed by atoms with Crippen LogP contribution in [-0.2, 0) is 4.79 Å². The molecule has 1 saturated carbocycles. The summed E-state index contributed by atoms with van der Waals surface area (Å²) in [5, 5.41) is 16.3. The molecule has 34 heavy (non-hydrogen) atoms. The number of hydrogen-bond acceptors (Lipinski definition) is 3. The normalized spacial score (nSPS) is 14.9. The number of pyridine rings is 1. The SMILES string of the molecule is O=C(O)/C=C/c1ccc(/C(=C(\c2ccc(F)cc2Cl)C2CCC2)c2ccc3[nH]ncc3n2)cc1. The molecule has 0 bridgehead atoms. The molecule has 2 aromatic carbocycles. The lowest BCUT2D eigenvalue weighted by atomic mass is 9.73. The number of H-pyrrole nitrogens is 1. The van der Waals surface area contributed by atoms with E-state index in [0.29, 0.717) is 5.02 Å². The number of aromatic amines is 1. The van der Waals surface area contributed by atoms with E-state index in [4.69, 9.17) is 21.7 Å². The lowest BCUT2D eigenvalue weighted by Gasteiger charge is -2.31. The number of allylic oxidation sites excluding steroid dienone is 1. The first-order valence-electron chi connectivity index (χ1n) is 11.0. The molecule has 170 valence electrons. The quantitative estimate of drug-likeness (QED) is 0.244. The van der Waals surface area contributed by atoms with E-state index < -0.39 is 5.97 Å². The van der Waals surface area contributed by atoms with Gasteiger partial charge in [-0.2, -0.15) is 5.10 Å². The van der Waals surface area contributed by atoms with Crippen LogP contribution in [0.5, 0.6) is 0 Å². The van der Waals surface area contributed by atoms with Crippen molar-refractivity contribution in [2.75, 3.05) is 0 Å². The Balaban J connectivity index is 1.75. The lowest BCUT2D eigenvalue weighted by molar-refractivity contribution is -0.131. The van der Waals surface area contributed by atoms with Crippen LogP contribution in [0.2, 0.25) is 5.02 Å². The van der Waals surface area contributed by atoms with Crippen molar-refractivity contribution >= 4 is 45.8 Å². The first kappa shape index (κ1) is 22.0. The summed E-state index contributed by atoms with van der Waals surface area (Å²) in [6.45, 7) is 0. The number of halogens is 2. The van der Waals surface area contributed by atoms with Crippen molar-refractivity contribution in [2.24, 2.45) is 5.92 Å². The highest BCUT2D eigenvalue weighted by molar-refractivity contribution is 6.32. The molecule has 0 unspecified atom stereocenters. The van der Waals surface area contributed by atoms with Gasteiger partial charge < -0.3 is 5.11 Å². The summed E-state index contributed by atoms with van der Waals surface area (Å²) in [4.78, 5) is 15.8. The molecule has 0 spiro atoms. The van der Waals surface area contributed by atoms with E-state index in [1.54, 1.807) is 18.3 Å². The summed E-state index contributed by atoms with van der Waals surface area (Å²) in [6, 6.07) is 16.1. The number of benzene rings is 2. The number of aromatic nitrogens is 3. The number of nitrogens with one attached hydrogen (secondary N) is 1. The van der Waals surface area contributed by atoms with Gasteiger partial charge in [0.25, 0.3) is 0 Å². The number of carboxylic acids is 1. The van der Waals surface area contributed by atoms with E-state index in [1.807, 2.05) is 36.4 Å². The van der Waals surface area contributed by atoms with Gasteiger partial charge in [-0.25, -0.2) is 14.2 Å². The number of hydrogen-bond donors (Lipinski definition) is 2. The maximum absolute atomic E-state index is 13.9. The molecule has 0 radical (unpaired) electrons. The van der Waals surface area contributed by atoms with E-state index in [-0.39, 0.29) is 11.7 Å². The van der Waals surface area contributed by atoms with Crippen LogP contribution in [0.1, 0.15) is 41.6 Å². The maximum Gasteiger partial charge on any atom is 0.328 e. The Morgan fingerprint density at radius 2 is 1.91 bits per heavy atom. The smallest absolute Gasteiger partial charge is 0.328 e. The first-order chi connectivity index (χ1) is 16.5. The van der Waals surface area contributed by atoms with Gasteiger partial charge in [-0.15, -0.1) is 0 Å². The lowest BCUT2D eigenvalue weighted by Crippen LogP contribution is -2.16. The maximum atomic E-state index is 13.9. The molecule has 0 amide bonds. The second kappa shape index (κ2) is 9.23. The van der Waals surface area contributed by atoms with Gasteiger partial charge in [0.2, 0.25) is 0 Å². The summed E-state index contributed by atoms with van der Waals surface area (Å²) < 4.78 is 13.9. The predicted molar refractivity (Wildman–Crippen MR) is 132 cm³/mol. The van der Waals surface area contributed by atoms with Crippen LogP contribution in [0.3, 0.4) is 0 Å². The molecule has 7 heteroatoms. The molecular weight excluding hydrogens is 453 g/mol. The third kappa shape index (κ3) is 4.37. The highest BCUT2D eigenvalue weighted by Crippen LogP contribution is 2.46. The molecule has 2 N–H and O–H groups in total. The van der Waals surface area contributed by atoms with Gasteiger partial charge in [-0.05, 0) is 71.4 Å². The average Bonchev–Trinajstić information content (AvgIpc) is 3.25. The summed E-state index contributed by atoms with van der Waals surface area (Å²) in [5.74, 6) is -1.11. The number of nitrogens with zero attached hydrogens (tertiary/aromatic N) is 2. The van der Waals surface area contributed by atoms with Crippen LogP contribution in [0.4, 0.5) is 4.39 Å². The van der Waals surface area contributed by atoms with E-state index in [2.05, 4.69) is 10.2 Å². The topological polar surface area (TPSA) is 78.9 Å². The van der Waals surface area contributed by atoms with Crippen molar-refractivity contribution in [1.82, 2.24) is 15.2 Å². The Morgan fingerprint density at radius 3 is 2.59 bits per heavy atom. The van der Waals surface area contributed by atoms with Crippen molar-refractivity contribution in [3.05, 3.63) is 100 Å². The van der Waals surface area contributed by atoms with Crippen molar-refractivity contribution in [3.63, 3.8) is 0 Å². The monoisotopic (exact) mass is 473 g/mol. The van der Waals surface area contributed by atoms with Gasteiger partial charge >= 0.3 is 5.97 Å². The summed E-state index contributed by atoms with van der Waals surface area (Å²) in [6.07, 6.45) is 7.49. The van der Waals surface area contributed by atoms with Gasteiger partial charge in [-0.3, -0.25) is 5.10 Å². The molecule has 5 rings (SSSR count). The fraction of sp³-hybridized carbons (Fsp3) is 0.148. The molecule has 0 saturated heterocycles. The highest BCUT2D eigenvalue weighted by Gasteiger charge is 2.29. The van der Waals surface area contributed by atoms with Crippen molar-refractivity contribution in [2.45, 2.75) is 19.3 Å².